The van der Waals surface area contributed by atoms with Crippen molar-refractivity contribution >= 4 is 32.4 Å². The van der Waals surface area contributed by atoms with Crippen molar-refractivity contribution in [3.8, 4) is 0 Å². The van der Waals surface area contributed by atoms with E-state index < -0.39 is 39.7 Å². The number of halogens is 2. The van der Waals surface area contributed by atoms with Crippen molar-refractivity contribution in [2.24, 2.45) is 0 Å². The predicted molar refractivity (Wildman–Crippen MR) is 145 cm³/mol. The molecular formula is C26H32F2N4O4S2. The number of carbonyl (C=O) groups is 1. The third-order valence-electron chi connectivity index (χ3n) is 5.69. The molecule has 12 heteroatoms. The minimum atomic E-state index is -3.57. The van der Waals surface area contributed by atoms with E-state index in [0.717, 1.165) is 41.5 Å². The highest BCUT2D eigenvalue weighted by atomic mass is 32.2. The topological polar surface area (TPSA) is 120 Å². The number of amides is 1. The Morgan fingerprint density at radius 1 is 1.08 bits per heavy atom. The van der Waals surface area contributed by atoms with Gasteiger partial charge in [0.25, 0.3) is 5.91 Å². The van der Waals surface area contributed by atoms with Crippen LogP contribution < -0.4 is 15.4 Å². The lowest BCUT2D eigenvalue weighted by molar-refractivity contribution is 0.0826. The summed E-state index contributed by atoms with van der Waals surface area (Å²) in [7, 11) is -3.57. The van der Waals surface area contributed by atoms with Crippen molar-refractivity contribution < 1.29 is 27.1 Å². The molecule has 3 aromatic rings. The first-order valence-electron chi connectivity index (χ1n) is 12.3. The number of nitrogens with zero attached hydrogens (tertiary/aromatic N) is 1. The molecule has 0 saturated carbocycles. The summed E-state index contributed by atoms with van der Waals surface area (Å²) in [6.07, 6.45) is 0.162. The maximum absolute atomic E-state index is 13.8. The highest BCUT2D eigenvalue weighted by molar-refractivity contribution is 7.92. The van der Waals surface area contributed by atoms with Crippen LogP contribution in [0.15, 0.2) is 47.8 Å². The second-order valence-electron chi connectivity index (χ2n) is 8.89. The highest BCUT2D eigenvalue weighted by Gasteiger charge is 2.24. The van der Waals surface area contributed by atoms with E-state index in [-0.39, 0.29) is 35.1 Å². The van der Waals surface area contributed by atoms with Crippen LogP contribution in [0.2, 0.25) is 0 Å². The van der Waals surface area contributed by atoms with E-state index in [2.05, 4.69) is 33.3 Å². The Kier molecular flexibility index (Phi) is 10.7. The van der Waals surface area contributed by atoms with Crippen LogP contribution >= 0.6 is 11.3 Å². The van der Waals surface area contributed by atoms with Gasteiger partial charge >= 0.3 is 0 Å². The fourth-order valence-electron chi connectivity index (χ4n) is 3.85. The molecule has 8 nitrogen and oxygen atoms in total. The van der Waals surface area contributed by atoms with Crippen LogP contribution in [-0.4, -0.2) is 48.9 Å². The van der Waals surface area contributed by atoms with Crippen molar-refractivity contribution in [3.05, 3.63) is 81.9 Å². The number of aryl methyl sites for hydroxylation is 1. The van der Waals surface area contributed by atoms with E-state index in [9.17, 15) is 27.1 Å². The molecule has 0 fully saturated rings. The summed E-state index contributed by atoms with van der Waals surface area (Å²) in [5, 5.41) is 18.2. The van der Waals surface area contributed by atoms with E-state index in [4.69, 9.17) is 0 Å². The summed E-state index contributed by atoms with van der Waals surface area (Å²) < 4.78 is 53.9. The molecule has 0 aliphatic rings. The summed E-state index contributed by atoms with van der Waals surface area (Å²) in [5.74, 6) is -2.27. The van der Waals surface area contributed by atoms with Gasteiger partial charge in [-0.25, -0.2) is 22.2 Å². The lowest BCUT2D eigenvalue weighted by Crippen LogP contribution is -2.48. The Labute approximate surface area is 225 Å². The molecule has 1 aromatic heterocycles. The number of anilines is 1. The van der Waals surface area contributed by atoms with Crippen molar-refractivity contribution in [1.29, 1.82) is 0 Å². The van der Waals surface area contributed by atoms with Gasteiger partial charge in [-0.2, -0.15) is 0 Å². The number of aromatic nitrogens is 1. The first kappa shape index (κ1) is 29.6. The van der Waals surface area contributed by atoms with Gasteiger partial charge in [-0.05, 0) is 48.1 Å². The summed E-state index contributed by atoms with van der Waals surface area (Å²) in [6.45, 7) is 4.36. The largest absolute Gasteiger partial charge is 0.390 e. The van der Waals surface area contributed by atoms with E-state index >= 15 is 0 Å². The third-order valence-corrected chi connectivity index (χ3v) is 8.03. The Morgan fingerprint density at radius 2 is 1.79 bits per heavy atom. The predicted octanol–water partition coefficient (Wildman–Crippen LogP) is 3.63. The molecule has 0 spiro atoms. The van der Waals surface area contributed by atoms with Gasteiger partial charge in [0, 0.05) is 24.5 Å². The van der Waals surface area contributed by atoms with Gasteiger partial charge in [0.1, 0.15) is 17.3 Å². The number of nitrogens with one attached hydrogen (secondary N) is 3. The van der Waals surface area contributed by atoms with Gasteiger partial charge in [-0.1, -0.05) is 38.1 Å². The highest BCUT2D eigenvalue weighted by Crippen LogP contribution is 2.18. The zero-order valence-corrected chi connectivity index (χ0v) is 22.8. The SMILES string of the molecule is CCCS(=O)(=O)Nc1nc(C(=O)N[C@@H](Cc2cc(F)cc(F)c2)[C@@H](O)CNCc2cccc(CC)c2)cs1. The number of hydrogen-bond donors (Lipinski definition) is 4. The molecule has 0 saturated heterocycles. The molecule has 0 aliphatic carbocycles. The molecule has 2 atom stereocenters. The molecule has 0 radical (unpaired) electrons. The van der Waals surface area contributed by atoms with Gasteiger partial charge in [0.15, 0.2) is 5.13 Å². The second-order valence-corrected chi connectivity index (χ2v) is 11.6. The number of aliphatic hydroxyl groups is 1. The molecular weight excluding hydrogens is 534 g/mol. The second kappa shape index (κ2) is 13.7. The van der Waals surface area contributed by atoms with Crippen molar-refractivity contribution in [1.82, 2.24) is 15.6 Å². The van der Waals surface area contributed by atoms with Crippen molar-refractivity contribution in [2.75, 3.05) is 17.0 Å². The van der Waals surface area contributed by atoms with Gasteiger partial charge < -0.3 is 15.7 Å². The van der Waals surface area contributed by atoms with E-state index in [0.29, 0.717) is 13.0 Å². The number of aliphatic hydroxyl groups excluding tert-OH is 1. The normalized spacial score (nSPS) is 13.2. The zero-order chi connectivity index (χ0) is 27.7. The van der Waals surface area contributed by atoms with Crippen LogP contribution in [0, 0.1) is 11.6 Å². The number of rotatable bonds is 14. The summed E-state index contributed by atoms with van der Waals surface area (Å²) in [6, 6.07) is 10.1. The molecule has 1 amide bonds. The lowest BCUT2D eigenvalue weighted by atomic mass is 10.00. The molecule has 206 valence electrons. The summed E-state index contributed by atoms with van der Waals surface area (Å²) in [4.78, 5) is 17.0. The standard InChI is InChI=1S/C26H32F2N4O4S2/c1-3-8-38(35,36)32-26-31-23(16-37-26)25(34)30-22(12-19-10-20(27)13-21(28)11-19)24(33)15-29-14-18-7-5-6-17(4-2)9-18/h5-7,9-11,13,16,22,24,29,33H,3-4,8,12,14-15H2,1-2H3,(H,30,34)(H,31,32)/t22-,24-/m0/s1. The fraction of sp³-hybridized carbons (Fsp3) is 0.385. The molecule has 0 aliphatic heterocycles. The van der Waals surface area contributed by atoms with Gasteiger partial charge in [-0.3, -0.25) is 9.52 Å². The number of thiazole rings is 1. The van der Waals surface area contributed by atoms with Gasteiger partial charge in [-0.15, -0.1) is 11.3 Å². The zero-order valence-electron chi connectivity index (χ0n) is 21.2. The van der Waals surface area contributed by atoms with Crippen LogP contribution in [0.3, 0.4) is 0 Å². The Morgan fingerprint density at radius 3 is 2.47 bits per heavy atom. The van der Waals surface area contributed by atoms with Crippen LogP contribution in [-0.2, 0) is 29.4 Å². The van der Waals surface area contributed by atoms with E-state index in [1.807, 2.05) is 18.2 Å². The third kappa shape index (κ3) is 9.12. The molecule has 0 bridgehead atoms. The quantitative estimate of drug-likeness (QED) is 0.237. The number of carbonyl (C=O) groups excluding carboxylic acids is 1. The number of sulfonamides is 1. The summed E-state index contributed by atoms with van der Waals surface area (Å²) in [5.41, 5.74) is 2.43. The smallest absolute Gasteiger partial charge is 0.271 e. The van der Waals surface area contributed by atoms with Gasteiger partial charge in [0.05, 0.1) is 17.9 Å². The maximum atomic E-state index is 13.8. The molecule has 0 unspecified atom stereocenters. The lowest BCUT2D eigenvalue weighted by Gasteiger charge is -2.24. The maximum Gasteiger partial charge on any atom is 0.271 e. The Bertz CT molecular complexity index is 1310. The van der Waals surface area contributed by atoms with Gasteiger partial charge in [0.2, 0.25) is 10.0 Å². The van der Waals surface area contributed by atoms with E-state index in [1.54, 1.807) is 6.92 Å². The first-order chi connectivity index (χ1) is 18.1. The van der Waals surface area contributed by atoms with Crippen LogP contribution in [0.5, 0.6) is 0 Å². The number of hydrogen-bond acceptors (Lipinski definition) is 7. The van der Waals surface area contributed by atoms with E-state index in [1.165, 1.54) is 10.9 Å². The van der Waals surface area contributed by atoms with Crippen molar-refractivity contribution in [2.45, 2.75) is 51.8 Å². The number of benzene rings is 2. The average Bonchev–Trinajstić information content (AvgIpc) is 3.30. The molecule has 38 heavy (non-hydrogen) atoms. The molecule has 1 heterocycles. The molecule has 3 rings (SSSR count). The Hall–Kier alpha value is -2.93. The molecule has 4 N–H and O–H groups in total. The Balaban J connectivity index is 1.71. The minimum absolute atomic E-state index is 0.0452. The molecule has 2 aromatic carbocycles. The monoisotopic (exact) mass is 566 g/mol. The first-order valence-corrected chi connectivity index (χ1v) is 14.8. The summed E-state index contributed by atoms with van der Waals surface area (Å²) >= 11 is 0.952. The van der Waals surface area contributed by atoms with Crippen molar-refractivity contribution in [3.63, 3.8) is 0 Å². The van der Waals surface area contributed by atoms with Crippen LogP contribution in [0.25, 0.3) is 0 Å². The average molecular weight is 567 g/mol. The fourth-order valence-corrected chi connectivity index (χ4v) is 5.91. The van der Waals surface area contributed by atoms with Crippen LogP contribution in [0.4, 0.5) is 13.9 Å². The minimum Gasteiger partial charge on any atom is -0.390 e. The van der Waals surface area contributed by atoms with Crippen LogP contribution in [0.1, 0.15) is 47.4 Å².